The molecule has 0 spiro atoms. The topological polar surface area (TPSA) is 101 Å². The molecule has 0 unspecified atom stereocenters. The number of hydrogen-bond donors (Lipinski definition) is 1. The highest BCUT2D eigenvalue weighted by atomic mass is 32.2. The van der Waals surface area contributed by atoms with Gasteiger partial charge in [-0.15, -0.1) is 0 Å². The van der Waals surface area contributed by atoms with Gasteiger partial charge in [0.25, 0.3) is 5.91 Å². The maximum absolute atomic E-state index is 12.8. The molecule has 0 saturated heterocycles. The zero-order chi connectivity index (χ0) is 21.7. The molecule has 0 fully saturated rings. The molecule has 9 heteroatoms. The Morgan fingerprint density at radius 2 is 1.45 bits per heavy atom. The maximum Gasteiger partial charge on any atom is 0.255 e. The average molecular weight is 439 g/mol. The summed E-state index contributed by atoms with van der Waals surface area (Å²) in [4.78, 5) is 12.7. The summed E-state index contributed by atoms with van der Waals surface area (Å²) in [6, 6.07) is 11.7. The van der Waals surface area contributed by atoms with Gasteiger partial charge >= 0.3 is 0 Å². The number of anilines is 1. The first-order chi connectivity index (χ1) is 13.6. The average Bonchev–Trinajstić information content (AvgIpc) is 2.67. The predicted molar refractivity (Wildman–Crippen MR) is 113 cm³/mol. The van der Waals surface area contributed by atoms with E-state index in [0.717, 1.165) is 6.26 Å². The van der Waals surface area contributed by atoms with E-state index in [-0.39, 0.29) is 21.0 Å². The van der Waals surface area contributed by atoms with Crippen molar-refractivity contribution in [2.75, 3.05) is 24.7 Å². The molecule has 2 rings (SSSR count). The Labute approximate surface area is 172 Å². The fourth-order valence-corrected chi connectivity index (χ4v) is 5.33. The van der Waals surface area contributed by atoms with Crippen LogP contribution in [0.3, 0.4) is 0 Å². The van der Waals surface area contributed by atoms with Crippen molar-refractivity contribution in [3.8, 4) is 0 Å². The van der Waals surface area contributed by atoms with Gasteiger partial charge in [0, 0.05) is 24.9 Å². The van der Waals surface area contributed by atoms with Crippen LogP contribution >= 0.6 is 0 Å². The largest absolute Gasteiger partial charge is 0.321 e. The number of carbonyl (C=O) groups excluding carboxylic acids is 1. The highest BCUT2D eigenvalue weighted by Crippen LogP contribution is 2.22. The Hall–Kier alpha value is -2.23. The predicted octanol–water partition coefficient (Wildman–Crippen LogP) is 3.15. The number of nitrogens with one attached hydrogen (secondary N) is 1. The van der Waals surface area contributed by atoms with E-state index < -0.39 is 25.8 Å². The van der Waals surface area contributed by atoms with Crippen LogP contribution in [0.5, 0.6) is 0 Å². The molecule has 0 aromatic heterocycles. The Kier molecular flexibility index (Phi) is 7.56. The Bertz CT molecular complexity index is 1060. The fourth-order valence-electron chi connectivity index (χ4n) is 2.87. The molecule has 1 N–H and O–H groups in total. The van der Waals surface area contributed by atoms with Crippen molar-refractivity contribution in [3.05, 3.63) is 54.1 Å². The van der Waals surface area contributed by atoms with E-state index in [9.17, 15) is 21.6 Å². The lowest BCUT2D eigenvalue weighted by Crippen LogP contribution is -2.32. The summed E-state index contributed by atoms with van der Waals surface area (Å²) in [6.07, 6.45) is 2.48. The van der Waals surface area contributed by atoms with E-state index in [0.29, 0.717) is 25.9 Å². The molecule has 7 nitrogen and oxygen atoms in total. The maximum atomic E-state index is 12.8. The van der Waals surface area contributed by atoms with E-state index >= 15 is 0 Å². The molecule has 0 saturated carbocycles. The smallest absolute Gasteiger partial charge is 0.255 e. The Morgan fingerprint density at radius 1 is 0.897 bits per heavy atom. The van der Waals surface area contributed by atoms with Crippen LogP contribution in [0.1, 0.15) is 37.0 Å². The molecule has 158 valence electrons. The molecule has 2 aromatic carbocycles. The van der Waals surface area contributed by atoms with E-state index in [4.69, 9.17) is 0 Å². The van der Waals surface area contributed by atoms with Crippen molar-refractivity contribution in [3.63, 3.8) is 0 Å². The molecular formula is C20H26N2O5S2. The second-order valence-electron chi connectivity index (χ2n) is 6.65. The number of benzene rings is 2. The number of amides is 1. The van der Waals surface area contributed by atoms with Gasteiger partial charge in [-0.1, -0.05) is 26.0 Å². The van der Waals surface area contributed by atoms with Crippen molar-refractivity contribution in [2.45, 2.75) is 36.5 Å². The molecule has 2 aromatic rings. The van der Waals surface area contributed by atoms with Crippen molar-refractivity contribution < 1.29 is 21.6 Å². The SMILES string of the molecule is CCCN(CCC)S(=O)(=O)c1ccc(C(=O)Nc2ccccc2S(C)(=O)=O)cc1. The molecule has 0 radical (unpaired) electrons. The zero-order valence-electron chi connectivity index (χ0n) is 16.8. The molecule has 0 aliphatic heterocycles. The normalized spacial score (nSPS) is 12.1. The lowest BCUT2D eigenvalue weighted by molar-refractivity contribution is 0.102. The minimum Gasteiger partial charge on any atom is -0.321 e. The first kappa shape index (κ1) is 23.1. The highest BCUT2D eigenvalue weighted by molar-refractivity contribution is 7.91. The van der Waals surface area contributed by atoms with E-state index in [2.05, 4.69) is 5.32 Å². The summed E-state index contributed by atoms with van der Waals surface area (Å²) in [5.74, 6) is -0.524. The first-order valence-electron chi connectivity index (χ1n) is 9.32. The number of sulfonamides is 1. The highest BCUT2D eigenvalue weighted by Gasteiger charge is 2.23. The first-order valence-corrected chi connectivity index (χ1v) is 12.6. The van der Waals surface area contributed by atoms with Crippen LogP contribution in [0.4, 0.5) is 5.69 Å². The molecule has 0 bridgehead atoms. The minimum atomic E-state index is -3.63. The van der Waals surface area contributed by atoms with Crippen LogP contribution in [-0.2, 0) is 19.9 Å². The van der Waals surface area contributed by atoms with E-state index in [1.165, 1.54) is 40.7 Å². The van der Waals surface area contributed by atoms with E-state index in [1.807, 2.05) is 13.8 Å². The third-order valence-electron chi connectivity index (χ3n) is 4.24. The molecule has 0 aliphatic carbocycles. The summed E-state index contributed by atoms with van der Waals surface area (Å²) in [6.45, 7) is 4.70. The number of sulfone groups is 1. The molecule has 0 aliphatic rings. The summed E-state index contributed by atoms with van der Waals surface area (Å²) >= 11 is 0. The summed E-state index contributed by atoms with van der Waals surface area (Å²) in [7, 11) is -7.14. The molecule has 0 heterocycles. The van der Waals surface area contributed by atoms with Crippen LogP contribution in [0.25, 0.3) is 0 Å². The standard InChI is InChI=1S/C20H26N2O5S2/c1-4-14-22(15-5-2)29(26,27)17-12-10-16(11-13-17)20(23)21-18-8-6-7-9-19(18)28(3,24)25/h6-13H,4-5,14-15H2,1-3H3,(H,21,23). The van der Waals surface area contributed by atoms with Crippen molar-refractivity contribution in [2.24, 2.45) is 0 Å². The third-order valence-corrected chi connectivity index (χ3v) is 7.30. The monoisotopic (exact) mass is 438 g/mol. The van der Waals surface area contributed by atoms with Crippen molar-refractivity contribution in [1.82, 2.24) is 4.31 Å². The second-order valence-corrected chi connectivity index (χ2v) is 10.6. The van der Waals surface area contributed by atoms with Crippen LogP contribution in [0.15, 0.2) is 58.3 Å². The third kappa shape index (κ3) is 5.65. The van der Waals surface area contributed by atoms with Crippen LogP contribution < -0.4 is 5.32 Å². The summed E-state index contributed by atoms with van der Waals surface area (Å²) in [5, 5.41) is 2.58. The van der Waals surface area contributed by atoms with Crippen LogP contribution in [-0.4, -0.2) is 46.4 Å². The lowest BCUT2D eigenvalue weighted by Gasteiger charge is -2.21. The molecule has 0 atom stereocenters. The van der Waals surface area contributed by atoms with Crippen LogP contribution in [0.2, 0.25) is 0 Å². The van der Waals surface area contributed by atoms with E-state index in [1.54, 1.807) is 12.1 Å². The van der Waals surface area contributed by atoms with Gasteiger partial charge in [0.15, 0.2) is 9.84 Å². The van der Waals surface area contributed by atoms with Crippen molar-refractivity contribution in [1.29, 1.82) is 0 Å². The Morgan fingerprint density at radius 3 is 1.97 bits per heavy atom. The summed E-state index contributed by atoms with van der Waals surface area (Å²) in [5.41, 5.74) is 0.401. The number of rotatable bonds is 9. The Balaban J connectivity index is 2.26. The quantitative estimate of drug-likeness (QED) is 0.648. The lowest BCUT2D eigenvalue weighted by atomic mass is 10.2. The van der Waals surface area contributed by atoms with Crippen molar-refractivity contribution >= 4 is 31.5 Å². The molecule has 1 amide bonds. The number of nitrogens with zero attached hydrogens (tertiary/aromatic N) is 1. The van der Waals surface area contributed by atoms with Gasteiger partial charge in [0.1, 0.15) is 0 Å². The van der Waals surface area contributed by atoms with Gasteiger partial charge in [0.2, 0.25) is 10.0 Å². The zero-order valence-corrected chi connectivity index (χ0v) is 18.4. The van der Waals surface area contributed by atoms with Gasteiger partial charge in [-0.3, -0.25) is 4.79 Å². The van der Waals surface area contributed by atoms with Gasteiger partial charge in [-0.05, 0) is 49.2 Å². The number of hydrogen-bond acceptors (Lipinski definition) is 5. The molecular weight excluding hydrogens is 412 g/mol. The van der Waals surface area contributed by atoms with Gasteiger partial charge in [-0.2, -0.15) is 4.31 Å². The molecule has 29 heavy (non-hydrogen) atoms. The summed E-state index contributed by atoms with van der Waals surface area (Å²) < 4.78 is 50.8. The van der Waals surface area contributed by atoms with Gasteiger partial charge < -0.3 is 5.32 Å². The van der Waals surface area contributed by atoms with Gasteiger partial charge in [-0.25, -0.2) is 16.8 Å². The van der Waals surface area contributed by atoms with Gasteiger partial charge in [0.05, 0.1) is 15.5 Å². The fraction of sp³-hybridized carbons (Fsp3) is 0.350. The number of para-hydroxylation sites is 1. The van der Waals surface area contributed by atoms with Crippen LogP contribution in [0, 0.1) is 0 Å². The minimum absolute atomic E-state index is 0.0160. The number of carbonyl (C=O) groups is 1. The second kappa shape index (κ2) is 9.51.